The van der Waals surface area contributed by atoms with Gasteiger partial charge < -0.3 is 15.5 Å². The lowest BCUT2D eigenvalue weighted by Gasteiger charge is -2.13. The fourth-order valence-corrected chi connectivity index (χ4v) is 3.04. The molecule has 0 aliphatic heterocycles. The molecule has 0 atom stereocenters. The van der Waals surface area contributed by atoms with Crippen molar-refractivity contribution < 1.29 is 18.0 Å². The number of carbonyl (C=O) groups is 2. The van der Waals surface area contributed by atoms with Crippen molar-refractivity contribution in [2.24, 2.45) is 0 Å². The zero-order valence-electron chi connectivity index (χ0n) is 15.7. The van der Waals surface area contributed by atoms with Crippen molar-refractivity contribution in [1.82, 2.24) is 4.90 Å². The Bertz CT molecular complexity index is 969. The smallest absolute Gasteiger partial charge is 0.253 e. The molecule has 0 aliphatic carbocycles. The Morgan fingerprint density at radius 1 is 1.07 bits per heavy atom. The molecule has 0 radical (unpaired) electrons. The number of hydrogen-bond acceptors (Lipinski definition) is 5. The van der Waals surface area contributed by atoms with Crippen molar-refractivity contribution >= 4 is 33.0 Å². The third-order valence-electron chi connectivity index (χ3n) is 3.88. The Labute approximate surface area is 159 Å². The Balaban J connectivity index is 2.05. The second-order valence-corrected chi connectivity index (χ2v) is 8.45. The molecule has 0 saturated carbocycles. The van der Waals surface area contributed by atoms with Crippen molar-refractivity contribution in [2.45, 2.75) is 11.8 Å². The van der Waals surface area contributed by atoms with Gasteiger partial charge in [-0.2, -0.15) is 0 Å². The molecule has 0 aromatic heterocycles. The van der Waals surface area contributed by atoms with E-state index in [4.69, 9.17) is 0 Å². The fraction of sp³-hybridized carbons (Fsp3) is 0.263. The van der Waals surface area contributed by atoms with Crippen molar-refractivity contribution in [2.75, 3.05) is 37.5 Å². The number of sulfone groups is 1. The summed E-state index contributed by atoms with van der Waals surface area (Å²) >= 11 is 0. The van der Waals surface area contributed by atoms with E-state index in [2.05, 4.69) is 10.6 Å². The molecule has 27 heavy (non-hydrogen) atoms. The normalized spacial score (nSPS) is 11.0. The van der Waals surface area contributed by atoms with E-state index in [0.29, 0.717) is 16.9 Å². The van der Waals surface area contributed by atoms with Crippen LogP contribution in [-0.4, -0.2) is 52.0 Å². The first-order valence-corrected chi connectivity index (χ1v) is 10.1. The number of benzene rings is 2. The minimum absolute atomic E-state index is 0.0418. The predicted molar refractivity (Wildman–Crippen MR) is 106 cm³/mol. The monoisotopic (exact) mass is 389 g/mol. The summed E-state index contributed by atoms with van der Waals surface area (Å²) in [6, 6.07) is 11.4. The minimum Gasteiger partial charge on any atom is -0.376 e. The van der Waals surface area contributed by atoms with Gasteiger partial charge in [-0.25, -0.2) is 8.42 Å². The number of hydrogen-bond donors (Lipinski definition) is 2. The minimum atomic E-state index is -3.33. The molecule has 144 valence electrons. The molecule has 0 saturated heterocycles. The number of carbonyl (C=O) groups excluding carboxylic acids is 2. The van der Waals surface area contributed by atoms with Crippen LogP contribution < -0.4 is 10.6 Å². The first-order valence-electron chi connectivity index (χ1n) is 8.24. The summed E-state index contributed by atoms with van der Waals surface area (Å²) in [5.74, 6) is -0.467. The topological polar surface area (TPSA) is 95.6 Å². The Kier molecular flexibility index (Phi) is 6.22. The molecular formula is C19H23N3O4S. The summed E-state index contributed by atoms with van der Waals surface area (Å²) in [6.07, 6.45) is 1.14. The van der Waals surface area contributed by atoms with Crippen LogP contribution in [0.25, 0.3) is 0 Å². The molecule has 2 amide bonds. The van der Waals surface area contributed by atoms with Gasteiger partial charge in [0.1, 0.15) is 0 Å². The Morgan fingerprint density at radius 3 is 2.41 bits per heavy atom. The van der Waals surface area contributed by atoms with Gasteiger partial charge in [0.25, 0.3) is 5.91 Å². The highest BCUT2D eigenvalue weighted by atomic mass is 32.2. The van der Waals surface area contributed by atoms with E-state index in [1.807, 2.05) is 6.92 Å². The van der Waals surface area contributed by atoms with Crippen LogP contribution in [0.4, 0.5) is 11.4 Å². The standard InChI is InChI=1S/C19H23N3O4S/c1-13-8-9-16(27(4,25)26)11-17(13)20-12-18(23)21-15-7-5-6-14(10-15)19(24)22(2)3/h5-11,20H,12H2,1-4H3,(H,21,23). The third kappa shape index (κ3) is 5.55. The van der Waals surface area contributed by atoms with Crippen molar-refractivity contribution in [3.8, 4) is 0 Å². The zero-order chi connectivity index (χ0) is 20.2. The summed E-state index contributed by atoms with van der Waals surface area (Å²) in [7, 11) is -0.0112. The van der Waals surface area contributed by atoms with Gasteiger partial charge in [-0.05, 0) is 42.8 Å². The van der Waals surface area contributed by atoms with Crippen molar-refractivity contribution in [3.05, 3.63) is 53.6 Å². The number of amides is 2. The summed E-state index contributed by atoms with van der Waals surface area (Å²) in [6.45, 7) is 1.78. The van der Waals surface area contributed by atoms with Gasteiger partial charge in [0.15, 0.2) is 9.84 Å². The number of nitrogens with one attached hydrogen (secondary N) is 2. The second-order valence-electron chi connectivity index (χ2n) is 6.43. The van der Waals surface area contributed by atoms with Crippen molar-refractivity contribution in [1.29, 1.82) is 0 Å². The van der Waals surface area contributed by atoms with Gasteiger partial charge in [0.05, 0.1) is 11.4 Å². The summed E-state index contributed by atoms with van der Waals surface area (Å²) in [4.78, 5) is 25.8. The Morgan fingerprint density at radius 2 is 1.78 bits per heavy atom. The molecule has 0 bridgehead atoms. The van der Waals surface area contributed by atoms with Crippen LogP contribution in [0.1, 0.15) is 15.9 Å². The molecule has 0 heterocycles. The molecule has 0 aliphatic rings. The van der Waals surface area contributed by atoms with Crippen LogP contribution in [0.2, 0.25) is 0 Å². The van der Waals surface area contributed by atoms with Gasteiger partial charge in [0.2, 0.25) is 5.91 Å². The van der Waals surface area contributed by atoms with E-state index < -0.39 is 9.84 Å². The molecule has 2 aromatic carbocycles. The van der Waals surface area contributed by atoms with E-state index in [-0.39, 0.29) is 23.3 Å². The first-order chi connectivity index (χ1) is 12.6. The van der Waals surface area contributed by atoms with Crippen LogP contribution in [0.5, 0.6) is 0 Å². The van der Waals surface area contributed by atoms with Gasteiger partial charge in [-0.1, -0.05) is 12.1 Å². The van der Waals surface area contributed by atoms with E-state index >= 15 is 0 Å². The van der Waals surface area contributed by atoms with E-state index in [9.17, 15) is 18.0 Å². The first kappa shape index (κ1) is 20.4. The molecule has 2 rings (SSSR count). The van der Waals surface area contributed by atoms with Gasteiger partial charge in [-0.15, -0.1) is 0 Å². The highest BCUT2D eigenvalue weighted by molar-refractivity contribution is 7.90. The summed E-state index contributed by atoms with van der Waals surface area (Å²) < 4.78 is 23.3. The van der Waals surface area contributed by atoms with Crippen LogP contribution in [0.3, 0.4) is 0 Å². The lowest BCUT2D eigenvalue weighted by Crippen LogP contribution is -2.23. The van der Waals surface area contributed by atoms with E-state index in [1.54, 1.807) is 44.4 Å². The average Bonchev–Trinajstić information content (AvgIpc) is 2.59. The molecule has 8 heteroatoms. The third-order valence-corrected chi connectivity index (χ3v) is 4.99. The molecule has 0 fully saturated rings. The van der Waals surface area contributed by atoms with E-state index in [0.717, 1.165) is 11.8 Å². The number of nitrogens with zero attached hydrogens (tertiary/aromatic N) is 1. The van der Waals surface area contributed by atoms with Crippen LogP contribution in [0.15, 0.2) is 47.4 Å². The van der Waals surface area contributed by atoms with Crippen LogP contribution in [-0.2, 0) is 14.6 Å². The number of anilines is 2. The largest absolute Gasteiger partial charge is 0.376 e. The van der Waals surface area contributed by atoms with Crippen LogP contribution >= 0.6 is 0 Å². The van der Waals surface area contributed by atoms with Crippen LogP contribution in [0, 0.1) is 6.92 Å². The maximum atomic E-state index is 12.2. The van der Waals surface area contributed by atoms with Gasteiger partial charge in [0, 0.05) is 37.3 Å². The lowest BCUT2D eigenvalue weighted by molar-refractivity contribution is -0.114. The van der Waals surface area contributed by atoms with E-state index in [1.165, 1.54) is 17.0 Å². The predicted octanol–water partition coefficient (Wildman–Crippen LogP) is 2.15. The molecule has 2 aromatic rings. The zero-order valence-corrected chi connectivity index (χ0v) is 16.6. The molecular weight excluding hydrogens is 366 g/mol. The molecule has 0 spiro atoms. The number of aryl methyl sites for hydroxylation is 1. The maximum Gasteiger partial charge on any atom is 0.253 e. The lowest BCUT2D eigenvalue weighted by atomic mass is 10.2. The van der Waals surface area contributed by atoms with Crippen molar-refractivity contribution in [3.63, 3.8) is 0 Å². The quantitative estimate of drug-likeness (QED) is 0.789. The summed E-state index contributed by atoms with van der Waals surface area (Å²) in [5, 5.41) is 5.67. The highest BCUT2D eigenvalue weighted by Crippen LogP contribution is 2.20. The second kappa shape index (κ2) is 8.22. The number of rotatable bonds is 6. The Hall–Kier alpha value is -2.87. The molecule has 2 N–H and O–H groups in total. The fourth-order valence-electron chi connectivity index (χ4n) is 2.39. The highest BCUT2D eigenvalue weighted by Gasteiger charge is 2.12. The summed E-state index contributed by atoms with van der Waals surface area (Å²) in [5.41, 5.74) is 2.39. The maximum absolute atomic E-state index is 12.2. The molecule has 0 unspecified atom stereocenters. The van der Waals surface area contributed by atoms with Gasteiger partial charge >= 0.3 is 0 Å². The van der Waals surface area contributed by atoms with Gasteiger partial charge in [-0.3, -0.25) is 9.59 Å². The SMILES string of the molecule is Cc1ccc(S(C)(=O)=O)cc1NCC(=O)Nc1cccc(C(=O)N(C)C)c1. The molecule has 7 nitrogen and oxygen atoms in total. The average molecular weight is 389 g/mol.